The molecule has 1 aliphatic heterocycles. The summed E-state index contributed by atoms with van der Waals surface area (Å²) >= 11 is 0. The van der Waals surface area contributed by atoms with Crippen molar-refractivity contribution in [2.45, 2.75) is 25.5 Å². The SMILES string of the molecule is O=C(CN1CCC[C@@H]1COCc1ccccc1)Nc1cccc(-c2nn[nH]n2)c1. The standard InChI is InChI=1S/C21H24N6O2/c28-20(22-18-9-4-8-17(12-18)21-23-25-26-24-21)13-27-11-5-10-19(27)15-29-14-16-6-2-1-3-7-16/h1-4,6-9,12,19H,5,10-11,13-15H2,(H,22,28)(H,23,24,25,26)/t19-/m1/s1. The number of anilines is 1. The number of amides is 1. The Kier molecular flexibility index (Phi) is 6.23. The second-order valence-corrected chi connectivity index (χ2v) is 7.13. The molecule has 8 heteroatoms. The van der Waals surface area contributed by atoms with Crippen LogP contribution in [0, 0.1) is 0 Å². The number of nitrogens with one attached hydrogen (secondary N) is 2. The van der Waals surface area contributed by atoms with Gasteiger partial charge in [0.2, 0.25) is 11.7 Å². The summed E-state index contributed by atoms with van der Waals surface area (Å²) in [5, 5.41) is 16.9. The first kappa shape index (κ1) is 19.2. The number of H-pyrrole nitrogens is 1. The second kappa shape index (κ2) is 9.40. The molecule has 2 aromatic carbocycles. The highest BCUT2D eigenvalue weighted by Crippen LogP contribution is 2.20. The van der Waals surface area contributed by atoms with E-state index in [1.807, 2.05) is 42.5 Å². The van der Waals surface area contributed by atoms with Crippen molar-refractivity contribution in [1.82, 2.24) is 25.5 Å². The lowest BCUT2D eigenvalue weighted by molar-refractivity contribution is -0.117. The van der Waals surface area contributed by atoms with Crippen molar-refractivity contribution >= 4 is 11.6 Å². The van der Waals surface area contributed by atoms with Crippen molar-refractivity contribution in [1.29, 1.82) is 0 Å². The van der Waals surface area contributed by atoms with E-state index in [4.69, 9.17) is 4.74 Å². The van der Waals surface area contributed by atoms with E-state index in [0.29, 0.717) is 31.3 Å². The van der Waals surface area contributed by atoms with Crippen LogP contribution in [-0.4, -0.2) is 57.2 Å². The number of benzene rings is 2. The summed E-state index contributed by atoms with van der Waals surface area (Å²) < 4.78 is 5.89. The summed E-state index contributed by atoms with van der Waals surface area (Å²) in [6.07, 6.45) is 2.13. The molecular formula is C21H24N6O2. The molecule has 8 nitrogen and oxygen atoms in total. The number of likely N-dealkylation sites (tertiary alicyclic amines) is 1. The van der Waals surface area contributed by atoms with Gasteiger partial charge in [-0.3, -0.25) is 9.69 Å². The second-order valence-electron chi connectivity index (χ2n) is 7.13. The van der Waals surface area contributed by atoms with E-state index < -0.39 is 0 Å². The van der Waals surface area contributed by atoms with E-state index in [-0.39, 0.29) is 11.9 Å². The molecule has 0 bridgehead atoms. The molecule has 29 heavy (non-hydrogen) atoms. The molecule has 1 aliphatic rings. The molecular weight excluding hydrogens is 368 g/mol. The van der Waals surface area contributed by atoms with Gasteiger partial charge in [-0.2, -0.15) is 5.21 Å². The zero-order chi connectivity index (χ0) is 19.9. The Morgan fingerprint density at radius 3 is 2.93 bits per heavy atom. The van der Waals surface area contributed by atoms with Crippen LogP contribution in [0.4, 0.5) is 5.69 Å². The molecule has 1 aromatic heterocycles. The van der Waals surface area contributed by atoms with Crippen LogP contribution < -0.4 is 5.32 Å². The maximum atomic E-state index is 12.6. The Morgan fingerprint density at radius 2 is 2.10 bits per heavy atom. The molecule has 1 fully saturated rings. The third-order valence-electron chi connectivity index (χ3n) is 5.02. The lowest BCUT2D eigenvalue weighted by Crippen LogP contribution is -2.39. The van der Waals surface area contributed by atoms with Gasteiger partial charge in [-0.1, -0.05) is 42.5 Å². The van der Waals surface area contributed by atoms with Gasteiger partial charge in [0.25, 0.3) is 0 Å². The van der Waals surface area contributed by atoms with E-state index in [0.717, 1.165) is 30.5 Å². The fourth-order valence-corrected chi connectivity index (χ4v) is 3.58. The number of carbonyl (C=O) groups excluding carboxylic acids is 1. The highest BCUT2D eigenvalue weighted by molar-refractivity contribution is 5.92. The van der Waals surface area contributed by atoms with E-state index in [1.165, 1.54) is 0 Å². The van der Waals surface area contributed by atoms with Crippen molar-refractivity contribution in [2.24, 2.45) is 0 Å². The van der Waals surface area contributed by atoms with Crippen LogP contribution in [0.5, 0.6) is 0 Å². The zero-order valence-electron chi connectivity index (χ0n) is 16.1. The minimum Gasteiger partial charge on any atom is -0.375 e. The number of nitrogens with zero attached hydrogens (tertiary/aromatic N) is 4. The predicted octanol–water partition coefficient (Wildman–Crippen LogP) is 2.49. The number of hydrogen-bond acceptors (Lipinski definition) is 6. The van der Waals surface area contributed by atoms with Gasteiger partial charge in [-0.15, -0.1) is 10.2 Å². The summed E-state index contributed by atoms with van der Waals surface area (Å²) in [5.74, 6) is 0.460. The number of hydrogen-bond donors (Lipinski definition) is 2. The minimum atomic E-state index is -0.0368. The molecule has 1 atom stereocenters. The number of aromatic amines is 1. The third kappa shape index (κ3) is 5.24. The summed E-state index contributed by atoms with van der Waals surface area (Å²) in [5.41, 5.74) is 2.68. The average molecular weight is 392 g/mol. The van der Waals surface area contributed by atoms with Crippen LogP contribution in [0.25, 0.3) is 11.4 Å². The first-order chi connectivity index (χ1) is 14.3. The normalized spacial score (nSPS) is 16.8. The molecule has 2 heterocycles. The van der Waals surface area contributed by atoms with Gasteiger partial charge in [-0.05, 0) is 42.3 Å². The Balaban J connectivity index is 1.28. The van der Waals surface area contributed by atoms with Crippen LogP contribution in [0.1, 0.15) is 18.4 Å². The van der Waals surface area contributed by atoms with Crippen molar-refractivity contribution in [3.63, 3.8) is 0 Å². The number of rotatable bonds is 8. The predicted molar refractivity (Wildman–Crippen MR) is 109 cm³/mol. The van der Waals surface area contributed by atoms with E-state index in [2.05, 4.69) is 43.0 Å². The van der Waals surface area contributed by atoms with Crippen molar-refractivity contribution in [3.05, 3.63) is 60.2 Å². The Bertz CT molecular complexity index is 916. The maximum absolute atomic E-state index is 12.6. The molecule has 2 N–H and O–H groups in total. The molecule has 1 saturated heterocycles. The van der Waals surface area contributed by atoms with E-state index >= 15 is 0 Å². The molecule has 0 radical (unpaired) electrons. The number of carbonyl (C=O) groups is 1. The van der Waals surface area contributed by atoms with Crippen LogP contribution in [0.2, 0.25) is 0 Å². The van der Waals surface area contributed by atoms with Crippen molar-refractivity contribution in [2.75, 3.05) is 25.0 Å². The molecule has 4 rings (SSSR count). The monoisotopic (exact) mass is 392 g/mol. The largest absolute Gasteiger partial charge is 0.375 e. The zero-order valence-corrected chi connectivity index (χ0v) is 16.1. The molecule has 0 unspecified atom stereocenters. The number of ether oxygens (including phenoxy) is 1. The van der Waals surface area contributed by atoms with Gasteiger partial charge in [0.05, 0.1) is 19.8 Å². The lowest BCUT2D eigenvalue weighted by Gasteiger charge is -2.23. The molecule has 150 valence electrons. The maximum Gasteiger partial charge on any atom is 0.238 e. The molecule has 0 saturated carbocycles. The van der Waals surface area contributed by atoms with Gasteiger partial charge in [-0.25, -0.2) is 0 Å². The summed E-state index contributed by atoms with van der Waals surface area (Å²) in [6, 6.07) is 17.8. The third-order valence-corrected chi connectivity index (χ3v) is 5.02. The van der Waals surface area contributed by atoms with Crippen LogP contribution in [0.3, 0.4) is 0 Å². The number of aromatic nitrogens is 4. The highest BCUT2D eigenvalue weighted by atomic mass is 16.5. The number of tetrazole rings is 1. The topological polar surface area (TPSA) is 96.0 Å². The quantitative estimate of drug-likeness (QED) is 0.611. The van der Waals surface area contributed by atoms with E-state index in [9.17, 15) is 4.79 Å². The Morgan fingerprint density at radius 1 is 1.21 bits per heavy atom. The lowest BCUT2D eigenvalue weighted by atomic mass is 10.2. The van der Waals surface area contributed by atoms with Gasteiger partial charge in [0.15, 0.2) is 0 Å². The fraction of sp³-hybridized carbons (Fsp3) is 0.333. The molecule has 0 aliphatic carbocycles. The van der Waals surface area contributed by atoms with Gasteiger partial charge < -0.3 is 10.1 Å². The van der Waals surface area contributed by atoms with Crippen molar-refractivity contribution in [3.8, 4) is 11.4 Å². The van der Waals surface area contributed by atoms with Crippen LogP contribution in [0.15, 0.2) is 54.6 Å². The molecule has 0 spiro atoms. The molecule has 3 aromatic rings. The van der Waals surface area contributed by atoms with Gasteiger partial charge >= 0.3 is 0 Å². The highest BCUT2D eigenvalue weighted by Gasteiger charge is 2.26. The average Bonchev–Trinajstić information content (AvgIpc) is 3.42. The first-order valence-electron chi connectivity index (χ1n) is 9.77. The Labute approximate surface area is 169 Å². The molecule has 1 amide bonds. The summed E-state index contributed by atoms with van der Waals surface area (Å²) in [6.45, 7) is 2.50. The summed E-state index contributed by atoms with van der Waals surface area (Å²) in [4.78, 5) is 14.8. The fourth-order valence-electron chi connectivity index (χ4n) is 3.58. The minimum absolute atomic E-state index is 0.0368. The van der Waals surface area contributed by atoms with Gasteiger partial charge in [0.1, 0.15) is 0 Å². The van der Waals surface area contributed by atoms with Gasteiger partial charge in [0, 0.05) is 17.3 Å². The smallest absolute Gasteiger partial charge is 0.238 e. The van der Waals surface area contributed by atoms with Crippen LogP contribution in [-0.2, 0) is 16.1 Å². The van der Waals surface area contributed by atoms with Crippen LogP contribution >= 0.6 is 0 Å². The first-order valence-corrected chi connectivity index (χ1v) is 9.77. The van der Waals surface area contributed by atoms with E-state index in [1.54, 1.807) is 0 Å². The Hall–Kier alpha value is -3.10. The van der Waals surface area contributed by atoms with Crippen molar-refractivity contribution < 1.29 is 9.53 Å². The summed E-state index contributed by atoms with van der Waals surface area (Å²) in [7, 11) is 0.